The summed E-state index contributed by atoms with van der Waals surface area (Å²) >= 11 is 0. The zero-order valence-corrected chi connectivity index (χ0v) is 7.90. The lowest BCUT2D eigenvalue weighted by molar-refractivity contribution is 0.486. The number of nitriles is 1. The molecule has 0 aromatic heterocycles. The maximum Gasteiger partial charge on any atom is 0.181 e. The van der Waals surface area contributed by atoms with E-state index in [0.29, 0.717) is 18.2 Å². The van der Waals surface area contributed by atoms with Crippen molar-refractivity contribution >= 4 is 0 Å². The standard InChI is InChI=1S/C10H15N3/c1-2-3-4-8-5-6-9-10(12-8)13(9)7-11/h5-6,8-10,12H,2-4H2,1H3/t8?,9-,10-,13?/m1/s1. The fourth-order valence-corrected chi connectivity index (χ4v) is 1.88. The summed E-state index contributed by atoms with van der Waals surface area (Å²) in [6, 6.07) is 0.836. The molecule has 3 atom stereocenters. The summed E-state index contributed by atoms with van der Waals surface area (Å²) in [6.07, 6.45) is 10.5. The molecule has 1 saturated heterocycles. The second-order valence-corrected chi connectivity index (χ2v) is 3.74. The summed E-state index contributed by atoms with van der Waals surface area (Å²) in [4.78, 5) is 1.79. The Hall–Kier alpha value is -1.01. The van der Waals surface area contributed by atoms with E-state index >= 15 is 0 Å². The molecule has 2 heterocycles. The second kappa shape index (κ2) is 3.39. The molecule has 0 amide bonds. The van der Waals surface area contributed by atoms with Gasteiger partial charge in [-0.3, -0.25) is 10.2 Å². The van der Waals surface area contributed by atoms with Crippen molar-refractivity contribution in [1.29, 1.82) is 5.26 Å². The highest BCUT2D eigenvalue weighted by atomic mass is 15.4. The Bertz CT molecular complexity index is 253. The van der Waals surface area contributed by atoms with E-state index in [1.165, 1.54) is 19.3 Å². The van der Waals surface area contributed by atoms with Crippen molar-refractivity contribution in [3.8, 4) is 6.19 Å². The summed E-state index contributed by atoms with van der Waals surface area (Å²) in [5.41, 5.74) is 0. The van der Waals surface area contributed by atoms with Crippen LogP contribution in [0.2, 0.25) is 0 Å². The molecule has 2 aliphatic heterocycles. The summed E-state index contributed by atoms with van der Waals surface area (Å²) in [7, 11) is 0. The number of nitrogens with one attached hydrogen (secondary N) is 1. The lowest BCUT2D eigenvalue weighted by atomic mass is 10.1. The molecule has 0 saturated carbocycles. The first-order valence-corrected chi connectivity index (χ1v) is 4.99. The molecule has 13 heavy (non-hydrogen) atoms. The lowest BCUT2D eigenvalue weighted by Gasteiger charge is -2.15. The zero-order valence-electron chi connectivity index (χ0n) is 7.90. The number of hydrogen-bond acceptors (Lipinski definition) is 3. The van der Waals surface area contributed by atoms with Crippen LogP contribution in [0, 0.1) is 11.5 Å². The highest BCUT2D eigenvalue weighted by molar-refractivity contribution is 5.23. The molecule has 2 aliphatic rings. The van der Waals surface area contributed by atoms with E-state index in [0.717, 1.165) is 0 Å². The van der Waals surface area contributed by atoms with Crippen molar-refractivity contribution in [3.63, 3.8) is 0 Å². The van der Waals surface area contributed by atoms with Crippen molar-refractivity contribution in [2.75, 3.05) is 0 Å². The van der Waals surface area contributed by atoms with E-state index < -0.39 is 0 Å². The van der Waals surface area contributed by atoms with E-state index in [2.05, 4.69) is 30.6 Å². The SMILES string of the molecule is CCCCC1C=C[C@@H]2[C@H](N1)N2C#N. The average Bonchev–Trinajstić information content (AvgIpc) is 2.87. The fraction of sp³-hybridized carbons (Fsp3) is 0.700. The molecule has 70 valence electrons. The highest BCUT2D eigenvalue weighted by Crippen LogP contribution is 2.30. The Kier molecular flexibility index (Phi) is 2.24. The predicted molar refractivity (Wildman–Crippen MR) is 50.6 cm³/mol. The maximum absolute atomic E-state index is 8.70. The topological polar surface area (TPSA) is 38.8 Å². The van der Waals surface area contributed by atoms with Gasteiger partial charge in [0.2, 0.25) is 0 Å². The Morgan fingerprint density at radius 2 is 2.38 bits per heavy atom. The molecule has 1 unspecified atom stereocenters. The fourth-order valence-electron chi connectivity index (χ4n) is 1.88. The summed E-state index contributed by atoms with van der Waals surface area (Å²) in [5.74, 6) is 0. The highest BCUT2D eigenvalue weighted by Gasteiger charge is 2.48. The smallest absolute Gasteiger partial charge is 0.181 e. The molecule has 0 spiro atoms. The molecule has 1 fully saturated rings. The van der Waals surface area contributed by atoms with Gasteiger partial charge in [-0.1, -0.05) is 31.9 Å². The maximum atomic E-state index is 8.70. The van der Waals surface area contributed by atoms with Crippen molar-refractivity contribution < 1.29 is 0 Å². The van der Waals surface area contributed by atoms with Crippen molar-refractivity contribution in [2.24, 2.45) is 0 Å². The molecule has 3 heteroatoms. The van der Waals surface area contributed by atoms with Crippen LogP contribution in [0.5, 0.6) is 0 Å². The van der Waals surface area contributed by atoms with Crippen LogP contribution in [-0.4, -0.2) is 23.1 Å². The molecule has 0 aromatic carbocycles. The minimum atomic E-state index is 0.303. The van der Waals surface area contributed by atoms with E-state index in [1.54, 1.807) is 4.90 Å². The quantitative estimate of drug-likeness (QED) is 0.400. The number of fused-ring (bicyclic) bond motifs is 1. The Labute approximate surface area is 79.0 Å². The number of unbranched alkanes of at least 4 members (excludes halogenated alkanes) is 1. The van der Waals surface area contributed by atoms with Gasteiger partial charge in [-0.05, 0) is 6.42 Å². The monoisotopic (exact) mass is 177 g/mol. The number of rotatable bonds is 3. The third-order valence-electron chi connectivity index (χ3n) is 2.76. The van der Waals surface area contributed by atoms with E-state index in [9.17, 15) is 0 Å². The van der Waals surface area contributed by atoms with Gasteiger partial charge in [-0.2, -0.15) is 5.26 Å². The van der Waals surface area contributed by atoms with Crippen LogP contribution < -0.4 is 5.32 Å². The van der Waals surface area contributed by atoms with Crippen LogP contribution >= 0.6 is 0 Å². The van der Waals surface area contributed by atoms with Crippen molar-refractivity contribution in [2.45, 2.75) is 44.4 Å². The number of hydrogen-bond donors (Lipinski definition) is 1. The molecular formula is C10H15N3. The third-order valence-corrected chi connectivity index (χ3v) is 2.76. The van der Waals surface area contributed by atoms with Crippen LogP contribution in [0.1, 0.15) is 26.2 Å². The Balaban J connectivity index is 1.84. The van der Waals surface area contributed by atoms with E-state index in [1.807, 2.05) is 0 Å². The molecule has 1 N–H and O–H groups in total. The first-order chi connectivity index (χ1) is 6.36. The van der Waals surface area contributed by atoms with Gasteiger partial charge >= 0.3 is 0 Å². The normalized spacial score (nSPS) is 35.4. The molecule has 0 bridgehead atoms. The first kappa shape index (κ1) is 8.58. The molecular weight excluding hydrogens is 162 g/mol. The molecule has 2 rings (SSSR count). The van der Waals surface area contributed by atoms with Crippen molar-refractivity contribution in [1.82, 2.24) is 10.2 Å². The van der Waals surface area contributed by atoms with Crippen molar-refractivity contribution in [3.05, 3.63) is 12.2 Å². The van der Waals surface area contributed by atoms with Crippen LogP contribution in [0.15, 0.2) is 12.2 Å². The van der Waals surface area contributed by atoms with Gasteiger partial charge in [0.1, 0.15) is 6.17 Å². The lowest BCUT2D eigenvalue weighted by Crippen LogP contribution is -2.34. The van der Waals surface area contributed by atoms with Crippen LogP contribution in [0.25, 0.3) is 0 Å². The third kappa shape index (κ3) is 1.54. The molecule has 3 nitrogen and oxygen atoms in total. The first-order valence-electron chi connectivity index (χ1n) is 4.99. The minimum Gasteiger partial charge on any atom is -0.288 e. The van der Waals surface area contributed by atoms with Gasteiger partial charge in [0, 0.05) is 6.04 Å². The summed E-state index contributed by atoms with van der Waals surface area (Å²) in [5, 5.41) is 12.1. The predicted octanol–water partition coefficient (Wildman–Crippen LogP) is 1.20. The van der Waals surface area contributed by atoms with E-state index in [-0.39, 0.29) is 0 Å². The van der Waals surface area contributed by atoms with Crippen LogP contribution in [0.4, 0.5) is 0 Å². The van der Waals surface area contributed by atoms with Gasteiger partial charge in [0.05, 0.1) is 6.04 Å². The summed E-state index contributed by atoms with van der Waals surface area (Å²) < 4.78 is 0. The number of nitrogens with zero attached hydrogens (tertiary/aromatic N) is 2. The van der Waals surface area contributed by atoms with Crippen LogP contribution in [-0.2, 0) is 0 Å². The average molecular weight is 177 g/mol. The minimum absolute atomic E-state index is 0.303. The Morgan fingerprint density at radius 3 is 3.08 bits per heavy atom. The van der Waals surface area contributed by atoms with Gasteiger partial charge in [0.15, 0.2) is 6.19 Å². The second-order valence-electron chi connectivity index (χ2n) is 3.74. The zero-order chi connectivity index (χ0) is 9.26. The Morgan fingerprint density at radius 1 is 1.54 bits per heavy atom. The molecule has 0 aliphatic carbocycles. The molecule has 0 radical (unpaired) electrons. The van der Waals surface area contributed by atoms with Gasteiger partial charge < -0.3 is 0 Å². The summed E-state index contributed by atoms with van der Waals surface area (Å²) in [6.45, 7) is 2.20. The van der Waals surface area contributed by atoms with Gasteiger partial charge in [-0.25, -0.2) is 0 Å². The van der Waals surface area contributed by atoms with Gasteiger partial charge in [0.25, 0.3) is 0 Å². The van der Waals surface area contributed by atoms with Crippen LogP contribution in [0.3, 0.4) is 0 Å². The van der Waals surface area contributed by atoms with E-state index in [4.69, 9.17) is 5.26 Å². The van der Waals surface area contributed by atoms with Gasteiger partial charge in [-0.15, -0.1) is 0 Å². The largest absolute Gasteiger partial charge is 0.288 e. The molecule has 0 aromatic rings.